The maximum absolute atomic E-state index is 11.6. The minimum atomic E-state index is -0.539. The third kappa shape index (κ3) is 2.79. The van der Waals surface area contributed by atoms with E-state index in [1.165, 1.54) is 0 Å². The van der Waals surface area contributed by atoms with Gasteiger partial charge < -0.3 is 20.4 Å². The monoisotopic (exact) mass is 393 g/mol. The fourth-order valence-electron chi connectivity index (χ4n) is 5.13. The Kier molecular flexibility index (Phi) is 4.25. The molecule has 8 heteroatoms. The number of imidazole rings is 1. The van der Waals surface area contributed by atoms with Crippen molar-refractivity contribution in [3.8, 4) is 0 Å². The molecular formula is C21H23N5O3. The molecule has 4 atom stereocenters. The summed E-state index contributed by atoms with van der Waals surface area (Å²) in [4.78, 5) is 22.4. The van der Waals surface area contributed by atoms with E-state index >= 15 is 0 Å². The predicted octanol–water partition coefficient (Wildman–Crippen LogP) is 0.419. The van der Waals surface area contributed by atoms with E-state index in [-0.39, 0.29) is 17.3 Å². The van der Waals surface area contributed by atoms with Crippen LogP contribution in [0.5, 0.6) is 0 Å². The van der Waals surface area contributed by atoms with Crippen LogP contribution in [0.1, 0.15) is 11.5 Å². The first kappa shape index (κ1) is 18.1. The smallest absolute Gasteiger partial charge is 0.245 e. The number of benzene rings is 1. The van der Waals surface area contributed by atoms with Crippen LogP contribution in [0, 0.1) is 11.3 Å². The summed E-state index contributed by atoms with van der Waals surface area (Å²) in [6.07, 6.45) is 6.60. The zero-order valence-electron chi connectivity index (χ0n) is 15.8. The van der Waals surface area contributed by atoms with Crippen LogP contribution >= 0.6 is 0 Å². The van der Waals surface area contributed by atoms with E-state index in [1.54, 1.807) is 18.6 Å². The summed E-state index contributed by atoms with van der Waals surface area (Å²) in [6, 6.07) is 10.1. The number of anilines is 1. The van der Waals surface area contributed by atoms with E-state index in [9.17, 15) is 9.90 Å². The largest absolute Gasteiger partial charge is 0.391 e. The van der Waals surface area contributed by atoms with Crippen LogP contribution in [-0.2, 0) is 4.79 Å². The van der Waals surface area contributed by atoms with Gasteiger partial charge in [0, 0.05) is 37.4 Å². The molecule has 5 rings (SSSR count). The first-order chi connectivity index (χ1) is 14.1. The number of aliphatic hydroxyl groups is 2. The molecule has 1 saturated heterocycles. The van der Waals surface area contributed by atoms with Gasteiger partial charge in [0.05, 0.1) is 18.5 Å². The zero-order valence-corrected chi connectivity index (χ0v) is 15.8. The number of carbonyl (C=O) groups excluding carboxylic acids is 1. The average molecular weight is 393 g/mol. The third-order valence-electron chi connectivity index (χ3n) is 6.48. The van der Waals surface area contributed by atoms with Crippen molar-refractivity contribution in [3.63, 3.8) is 0 Å². The highest BCUT2D eigenvalue weighted by Gasteiger charge is 2.71. The van der Waals surface area contributed by atoms with E-state index in [0.29, 0.717) is 19.6 Å². The minimum Gasteiger partial charge on any atom is -0.391 e. The van der Waals surface area contributed by atoms with Crippen molar-refractivity contribution in [1.82, 2.24) is 19.7 Å². The predicted molar refractivity (Wildman–Crippen MR) is 106 cm³/mol. The summed E-state index contributed by atoms with van der Waals surface area (Å²) in [5, 5.41) is 23.0. The Morgan fingerprint density at radius 1 is 1.28 bits per heavy atom. The summed E-state index contributed by atoms with van der Waals surface area (Å²) in [5.74, 6) is 0.733. The summed E-state index contributed by atoms with van der Waals surface area (Å²) >= 11 is 0. The maximum atomic E-state index is 11.6. The van der Waals surface area contributed by atoms with Crippen molar-refractivity contribution >= 4 is 17.4 Å². The lowest BCUT2D eigenvalue weighted by Crippen LogP contribution is -2.31. The number of β-amino-alcohol motifs (C(OH)–C–C–N with tert-alkyl or cyclic N) is 1. The molecule has 3 N–H and O–H groups in total. The van der Waals surface area contributed by atoms with Gasteiger partial charge in [0.1, 0.15) is 12.4 Å². The Hall–Kier alpha value is -2.97. The molecule has 1 aliphatic heterocycles. The molecule has 0 unspecified atom stereocenters. The molecular weight excluding hydrogens is 370 g/mol. The molecule has 29 heavy (non-hydrogen) atoms. The van der Waals surface area contributed by atoms with E-state index < -0.39 is 18.6 Å². The van der Waals surface area contributed by atoms with Gasteiger partial charge in [0.15, 0.2) is 5.65 Å². The Balaban J connectivity index is 1.47. The Morgan fingerprint density at radius 2 is 2.10 bits per heavy atom. The second kappa shape index (κ2) is 6.82. The van der Waals surface area contributed by atoms with E-state index in [4.69, 9.17) is 5.11 Å². The quantitative estimate of drug-likeness (QED) is 0.581. The fraction of sp³-hybridized carbons (Fsp3) is 0.381. The third-order valence-corrected chi connectivity index (χ3v) is 6.48. The summed E-state index contributed by atoms with van der Waals surface area (Å²) in [6.45, 7) is 1.05. The normalized spacial score (nSPS) is 28.2. The molecule has 1 saturated carbocycles. The summed E-state index contributed by atoms with van der Waals surface area (Å²) < 4.78 is 1.97. The maximum Gasteiger partial charge on any atom is 0.245 e. The van der Waals surface area contributed by atoms with Crippen LogP contribution in [0.25, 0.3) is 5.65 Å². The van der Waals surface area contributed by atoms with Crippen molar-refractivity contribution in [2.24, 2.45) is 11.3 Å². The van der Waals surface area contributed by atoms with Gasteiger partial charge in [-0.2, -0.15) is 0 Å². The van der Waals surface area contributed by atoms with Crippen LogP contribution in [-0.4, -0.2) is 62.8 Å². The van der Waals surface area contributed by atoms with Gasteiger partial charge in [-0.15, -0.1) is 0 Å². The molecule has 2 aromatic heterocycles. The average Bonchev–Trinajstić information content (AvgIpc) is 3.02. The van der Waals surface area contributed by atoms with Crippen molar-refractivity contribution in [3.05, 3.63) is 60.7 Å². The van der Waals surface area contributed by atoms with Crippen molar-refractivity contribution < 1.29 is 15.0 Å². The number of hydrogen-bond donors (Lipinski definition) is 3. The highest BCUT2D eigenvalue weighted by molar-refractivity contribution is 5.77. The molecule has 1 aromatic carbocycles. The number of aromatic nitrogens is 3. The lowest BCUT2D eigenvalue weighted by atomic mass is 9.95. The van der Waals surface area contributed by atoms with E-state index in [1.807, 2.05) is 28.8 Å². The lowest BCUT2D eigenvalue weighted by molar-refractivity contribution is -0.123. The number of carbonyl (C=O) groups is 1. The Bertz CT molecular complexity index is 1040. The highest BCUT2D eigenvalue weighted by Crippen LogP contribution is 2.68. The number of nitrogens with one attached hydrogen (secondary N) is 1. The highest BCUT2D eigenvalue weighted by atomic mass is 16.3. The van der Waals surface area contributed by atoms with Crippen LogP contribution in [0.4, 0.5) is 5.82 Å². The van der Waals surface area contributed by atoms with Crippen molar-refractivity contribution in [1.29, 1.82) is 0 Å². The number of fused-ring (bicyclic) bond motifs is 1. The van der Waals surface area contributed by atoms with Gasteiger partial charge in [0.2, 0.25) is 5.91 Å². The van der Waals surface area contributed by atoms with E-state index in [0.717, 1.165) is 17.0 Å². The molecule has 2 fully saturated rings. The van der Waals surface area contributed by atoms with Crippen LogP contribution in [0.2, 0.25) is 0 Å². The number of hydrogen-bond acceptors (Lipinski definition) is 6. The van der Waals surface area contributed by atoms with Gasteiger partial charge in [-0.25, -0.2) is 4.98 Å². The number of rotatable bonds is 5. The van der Waals surface area contributed by atoms with Gasteiger partial charge in [-0.1, -0.05) is 30.3 Å². The molecule has 1 amide bonds. The van der Waals surface area contributed by atoms with Gasteiger partial charge in [-0.05, 0) is 17.4 Å². The SMILES string of the molecule is O=C(CO)NC[C@@H]1[C@@H](c2ccccc2)[C@]12CN(c1cncc3nccn13)C[C@H]2O. The molecule has 3 aromatic rings. The van der Waals surface area contributed by atoms with Crippen molar-refractivity contribution in [2.75, 3.05) is 31.1 Å². The van der Waals surface area contributed by atoms with Crippen LogP contribution in [0.3, 0.4) is 0 Å². The molecule has 3 heterocycles. The topological polar surface area (TPSA) is 103 Å². The molecule has 150 valence electrons. The molecule has 0 bridgehead atoms. The molecule has 8 nitrogen and oxygen atoms in total. The molecule has 2 aliphatic rings. The first-order valence-electron chi connectivity index (χ1n) is 9.77. The Morgan fingerprint density at radius 3 is 2.90 bits per heavy atom. The molecule has 1 aliphatic carbocycles. The summed E-state index contributed by atoms with van der Waals surface area (Å²) in [7, 11) is 0. The Labute approximate surface area is 167 Å². The van der Waals surface area contributed by atoms with Gasteiger partial charge >= 0.3 is 0 Å². The fourth-order valence-corrected chi connectivity index (χ4v) is 5.13. The lowest BCUT2D eigenvalue weighted by Gasteiger charge is -2.19. The zero-order chi connectivity index (χ0) is 20.0. The summed E-state index contributed by atoms with van der Waals surface area (Å²) in [5.41, 5.74) is 1.57. The van der Waals surface area contributed by atoms with Crippen LogP contribution < -0.4 is 10.2 Å². The number of aliphatic hydroxyl groups excluding tert-OH is 2. The standard InChI is InChI=1S/C21H23N5O3/c27-12-18(29)24-8-15-20(14-4-2-1-3-5-14)21(15)13-25(11-16(21)28)19-10-22-9-17-23-6-7-26(17)19/h1-7,9-10,15-16,20,27-28H,8,11-13H2,(H,24,29)/t15-,16-,20-,21-/m1/s1. The number of amides is 1. The number of nitrogens with zero attached hydrogens (tertiary/aromatic N) is 4. The first-order valence-corrected chi connectivity index (χ1v) is 9.77. The van der Waals surface area contributed by atoms with E-state index in [2.05, 4.69) is 32.3 Å². The second-order valence-corrected chi connectivity index (χ2v) is 7.89. The van der Waals surface area contributed by atoms with Gasteiger partial charge in [0.25, 0.3) is 0 Å². The molecule has 0 radical (unpaired) electrons. The van der Waals surface area contributed by atoms with Crippen molar-refractivity contribution in [2.45, 2.75) is 12.0 Å². The molecule has 1 spiro atoms. The minimum absolute atomic E-state index is 0.0929. The van der Waals surface area contributed by atoms with Gasteiger partial charge in [-0.3, -0.25) is 14.2 Å². The van der Waals surface area contributed by atoms with Crippen LogP contribution in [0.15, 0.2) is 55.1 Å². The second-order valence-electron chi connectivity index (χ2n) is 7.89.